The summed E-state index contributed by atoms with van der Waals surface area (Å²) < 4.78 is 15.8. The van der Waals surface area contributed by atoms with Crippen molar-refractivity contribution in [1.82, 2.24) is 10.5 Å². The van der Waals surface area contributed by atoms with Crippen LogP contribution in [0.2, 0.25) is 0 Å². The summed E-state index contributed by atoms with van der Waals surface area (Å²) in [4.78, 5) is 4.51. The van der Waals surface area contributed by atoms with Gasteiger partial charge in [0, 0.05) is 24.4 Å². The molecule has 0 atom stereocenters. The van der Waals surface area contributed by atoms with E-state index in [0.29, 0.717) is 24.0 Å². The minimum atomic E-state index is 0. The highest BCUT2D eigenvalue weighted by molar-refractivity contribution is 14.0. The molecule has 0 bridgehead atoms. The summed E-state index contributed by atoms with van der Waals surface area (Å²) in [5, 5.41) is 10.4. The van der Waals surface area contributed by atoms with Gasteiger partial charge in [-0.2, -0.15) is 0 Å². The van der Waals surface area contributed by atoms with Crippen LogP contribution in [-0.4, -0.2) is 31.9 Å². The number of nitrogens with zero attached hydrogens (tertiary/aromatic N) is 2. The van der Waals surface area contributed by atoms with E-state index in [1.807, 2.05) is 38.1 Å². The third kappa shape index (κ3) is 6.11. The molecule has 2 N–H and O–H groups in total. The van der Waals surface area contributed by atoms with Crippen LogP contribution in [0.25, 0.3) is 0 Å². The molecular formula is C17H25IN4O3. The van der Waals surface area contributed by atoms with Crippen LogP contribution in [0.3, 0.4) is 0 Å². The highest BCUT2D eigenvalue weighted by Crippen LogP contribution is 2.29. The summed E-state index contributed by atoms with van der Waals surface area (Å²) in [7, 11) is 3.22. The summed E-state index contributed by atoms with van der Waals surface area (Å²) in [6, 6.07) is 7.52. The number of nitrogens with one attached hydrogen (secondary N) is 2. The van der Waals surface area contributed by atoms with Crippen LogP contribution >= 0.6 is 24.0 Å². The van der Waals surface area contributed by atoms with Crippen LogP contribution in [-0.2, 0) is 13.0 Å². The van der Waals surface area contributed by atoms with Gasteiger partial charge >= 0.3 is 0 Å². The first-order chi connectivity index (χ1) is 11.7. The number of ether oxygens (including phenoxy) is 2. The Bertz CT molecular complexity index is 688. The lowest BCUT2D eigenvalue weighted by Crippen LogP contribution is -2.30. The normalized spacial score (nSPS) is 10.8. The Hall–Kier alpha value is -1.97. The lowest BCUT2D eigenvalue weighted by molar-refractivity contribution is 0.355. The van der Waals surface area contributed by atoms with Crippen molar-refractivity contribution in [3.05, 3.63) is 35.7 Å². The van der Waals surface area contributed by atoms with Crippen molar-refractivity contribution in [2.45, 2.75) is 26.8 Å². The zero-order valence-corrected chi connectivity index (χ0v) is 17.3. The van der Waals surface area contributed by atoms with Gasteiger partial charge in [0.15, 0.2) is 23.2 Å². The predicted octanol–water partition coefficient (Wildman–Crippen LogP) is 3.45. The molecule has 0 saturated carbocycles. The molecule has 0 aliphatic heterocycles. The summed E-state index contributed by atoms with van der Waals surface area (Å²) >= 11 is 0. The molecule has 1 aromatic carbocycles. The number of methoxy groups -OCH3 is 2. The zero-order valence-electron chi connectivity index (χ0n) is 15.0. The molecule has 0 aliphatic carbocycles. The molecule has 138 valence electrons. The second-order valence-electron chi connectivity index (χ2n) is 5.03. The minimum absolute atomic E-state index is 0. The number of benzene rings is 1. The molecule has 0 amide bonds. The van der Waals surface area contributed by atoms with E-state index in [2.05, 4.69) is 20.8 Å². The third-order valence-electron chi connectivity index (χ3n) is 3.35. The Morgan fingerprint density at radius 1 is 1.16 bits per heavy atom. The van der Waals surface area contributed by atoms with Gasteiger partial charge in [-0.1, -0.05) is 12.1 Å². The maximum Gasteiger partial charge on any atom is 0.196 e. The molecule has 0 fully saturated rings. The quantitative estimate of drug-likeness (QED) is 0.375. The Morgan fingerprint density at radius 2 is 1.92 bits per heavy atom. The van der Waals surface area contributed by atoms with Crippen molar-refractivity contribution in [3.63, 3.8) is 0 Å². The van der Waals surface area contributed by atoms with Crippen molar-refractivity contribution in [1.29, 1.82) is 0 Å². The molecule has 2 aromatic rings. The SMILES string of the molecule is CCNC(=NCc1cc(CC)no1)Nc1ccc(OC)c(OC)c1.I. The maximum absolute atomic E-state index is 5.31. The number of aromatic nitrogens is 1. The molecule has 7 nitrogen and oxygen atoms in total. The molecule has 25 heavy (non-hydrogen) atoms. The minimum Gasteiger partial charge on any atom is -0.493 e. The van der Waals surface area contributed by atoms with Crippen LogP contribution < -0.4 is 20.1 Å². The monoisotopic (exact) mass is 460 g/mol. The molecule has 0 aliphatic rings. The summed E-state index contributed by atoms with van der Waals surface area (Å²) in [6.45, 7) is 5.20. The van der Waals surface area contributed by atoms with Crippen LogP contribution in [0.5, 0.6) is 11.5 Å². The first kappa shape index (κ1) is 21.1. The number of aliphatic imine (C=N–C) groups is 1. The van der Waals surface area contributed by atoms with Gasteiger partial charge in [0.1, 0.15) is 6.54 Å². The predicted molar refractivity (Wildman–Crippen MR) is 109 cm³/mol. The Morgan fingerprint density at radius 3 is 2.52 bits per heavy atom. The van der Waals surface area contributed by atoms with Gasteiger partial charge in [-0.25, -0.2) is 4.99 Å². The fourth-order valence-electron chi connectivity index (χ4n) is 2.11. The number of aryl methyl sites for hydroxylation is 1. The Balaban J connectivity index is 0.00000312. The van der Waals surface area contributed by atoms with E-state index in [0.717, 1.165) is 30.1 Å². The smallest absolute Gasteiger partial charge is 0.196 e. The third-order valence-corrected chi connectivity index (χ3v) is 3.35. The summed E-state index contributed by atoms with van der Waals surface area (Å²) in [5.41, 5.74) is 1.78. The highest BCUT2D eigenvalue weighted by atomic mass is 127. The average Bonchev–Trinajstić information content (AvgIpc) is 3.08. The Labute approximate surface area is 165 Å². The number of guanidine groups is 1. The number of hydrogen-bond acceptors (Lipinski definition) is 5. The highest BCUT2D eigenvalue weighted by Gasteiger charge is 2.07. The summed E-state index contributed by atoms with van der Waals surface area (Å²) in [6.07, 6.45) is 0.844. The molecule has 8 heteroatoms. The number of anilines is 1. The first-order valence-electron chi connectivity index (χ1n) is 7.92. The maximum atomic E-state index is 5.31. The zero-order chi connectivity index (χ0) is 17.4. The number of halogens is 1. The largest absolute Gasteiger partial charge is 0.493 e. The standard InChI is InChI=1S/C17H24N4O3.HI/c1-5-12-9-14(24-21-12)11-19-17(18-6-2)20-13-7-8-15(22-3)16(10-13)23-4;/h7-10H,5-6,11H2,1-4H3,(H2,18,19,20);1H. The van der Waals surface area contributed by atoms with Gasteiger partial charge in [0.05, 0.1) is 19.9 Å². The lowest BCUT2D eigenvalue weighted by Gasteiger charge is -2.13. The Kier molecular flexibility index (Phi) is 9.11. The van der Waals surface area contributed by atoms with Crippen molar-refractivity contribution in [2.24, 2.45) is 4.99 Å². The molecule has 0 unspecified atom stereocenters. The van der Waals surface area contributed by atoms with E-state index in [1.165, 1.54) is 0 Å². The van der Waals surface area contributed by atoms with Gasteiger partial charge in [-0.15, -0.1) is 24.0 Å². The van der Waals surface area contributed by atoms with Crippen molar-refractivity contribution in [2.75, 3.05) is 26.1 Å². The van der Waals surface area contributed by atoms with E-state index in [-0.39, 0.29) is 24.0 Å². The number of hydrogen-bond donors (Lipinski definition) is 2. The van der Waals surface area contributed by atoms with Gasteiger partial charge in [-0.3, -0.25) is 0 Å². The fourth-order valence-corrected chi connectivity index (χ4v) is 2.11. The molecule has 0 saturated heterocycles. The summed E-state index contributed by atoms with van der Waals surface area (Å²) in [5.74, 6) is 2.72. The topological polar surface area (TPSA) is 80.9 Å². The van der Waals surface area contributed by atoms with Crippen molar-refractivity contribution >= 4 is 35.6 Å². The first-order valence-corrected chi connectivity index (χ1v) is 7.92. The molecule has 1 heterocycles. The average molecular weight is 460 g/mol. The van der Waals surface area contributed by atoms with Gasteiger partial charge in [0.2, 0.25) is 0 Å². The molecule has 2 rings (SSSR count). The molecule has 0 radical (unpaired) electrons. The molecular weight excluding hydrogens is 435 g/mol. The van der Waals surface area contributed by atoms with Crippen molar-refractivity contribution < 1.29 is 14.0 Å². The second-order valence-corrected chi connectivity index (χ2v) is 5.03. The van der Waals surface area contributed by atoms with E-state index >= 15 is 0 Å². The van der Waals surface area contributed by atoms with Crippen LogP contribution in [0.4, 0.5) is 5.69 Å². The number of rotatable bonds is 7. The fraction of sp³-hybridized carbons (Fsp3) is 0.412. The molecule has 1 aromatic heterocycles. The van der Waals surface area contributed by atoms with Gasteiger partial charge < -0.3 is 24.6 Å². The lowest BCUT2D eigenvalue weighted by atomic mass is 10.2. The van der Waals surface area contributed by atoms with Gasteiger partial charge in [0.25, 0.3) is 0 Å². The van der Waals surface area contributed by atoms with E-state index in [1.54, 1.807) is 14.2 Å². The second kappa shape index (κ2) is 10.8. The van der Waals surface area contributed by atoms with Crippen LogP contribution in [0.15, 0.2) is 33.8 Å². The van der Waals surface area contributed by atoms with Gasteiger partial charge in [-0.05, 0) is 25.5 Å². The van der Waals surface area contributed by atoms with Crippen molar-refractivity contribution in [3.8, 4) is 11.5 Å². The van der Waals surface area contributed by atoms with E-state index < -0.39 is 0 Å². The van der Waals surface area contributed by atoms with Crippen LogP contribution in [0, 0.1) is 0 Å². The van der Waals surface area contributed by atoms with E-state index in [9.17, 15) is 0 Å². The molecule has 0 spiro atoms. The van der Waals surface area contributed by atoms with E-state index in [4.69, 9.17) is 14.0 Å². The van der Waals surface area contributed by atoms with Crippen LogP contribution in [0.1, 0.15) is 25.3 Å².